The third-order valence-electron chi connectivity index (χ3n) is 7.91. The van der Waals surface area contributed by atoms with Gasteiger partial charge in [-0.15, -0.1) is 0 Å². The molecule has 3 aliphatic heterocycles. The SMILES string of the molecule is C.CC[C@@H]1OP2CCP(O[C@@H]1CC)N(C)CS(=S)CN2C.CN1CS(=S)CN(C)P(C)CCP1C.O[C@@H]1CCCC[C@@H]1O. The molecule has 2 N–H and O–H groups in total. The van der Waals surface area contributed by atoms with E-state index in [-0.39, 0.29) is 54.7 Å². The van der Waals surface area contributed by atoms with Crippen molar-refractivity contribution in [1.29, 1.82) is 0 Å². The lowest BCUT2D eigenvalue weighted by Crippen LogP contribution is -2.33. The van der Waals surface area contributed by atoms with Gasteiger partial charge in [-0.05, 0) is 118 Å². The molecule has 4 rings (SSSR count). The Bertz CT molecular complexity index is 773. The molecule has 3 saturated heterocycles. The summed E-state index contributed by atoms with van der Waals surface area (Å²) >= 11 is 11.2. The van der Waals surface area contributed by atoms with E-state index in [1.54, 1.807) is 0 Å². The first kappa shape index (κ1) is 43.6. The van der Waals surface area contributed by atoms with Gasteiger partial charge in [0.15, 0.2) is 0 Å². The molecule has 0 aromatic rings. The van der Waals surface area contributed by atoms with Crippen LogP contribution in [0.3, 0.4) is 0 Å². The molecule has 43 heavy (non-hydrogen) atoms. The molecule has 4 aliphatic rings. The Morgan fingerprint density at radius 3 is 1.28 bits per heavy atom. The summed E-state index contributed by atoms with van der Waals surface area (Å²) in [5.41, 5.74) is 0. The zero-order valence-corrected chi connectivity index (χ0v) is 34.0. The molecule has 258 valence electrons. The van der Waals surface area contributed by atoms with Crippen molar-refractivity contribution in [1.82, 2.24) is 18.7 Å². The fraction of sp³-hybridized carbons (Fsp3) is 1.00. The molecule has 0 spiro atoms. The Balaban J connectivity index is 0.000000349. The van der Waals surface area contributed by atoms with Gasteiger partial charge in [-0.25, -0.2) is 0 Å². The lowest BCUT2D eigenvalue weighted by atomic mass is 9.95. The number of nitrogens with zero attached hydrogens (tertiary/aromatic N) is 4. The van der Waals surface area contributed by atoms with Crippen LogP contribution in [0.4, 0.5) is 0 Å². The molecular formula is C27H62N4O4P4S4. The van der Waals surface area contributed by atoms with Crippen molar-refractivity contribution in [2.45, 2.75) is 84.2 Å². The second kappa shape index (κ2) is 23.0. The smallest absolute Gasteiger partial charge is 0.105 e. The Hall–Kier alpha value is 2.54. The van der Waals surface area contributed by atoms with Gasteiger partial charge >= 0.3 is 0 Å². The quantitative estimate of drug-likeness (QED) is 0.332. The van der Waals surface area contributed by atoms with Gasteiger partial charge in [-0.1, -0.05) is 53.0 Å². The zero-order valence-electron chi connectivity index (χ0n) is 27.1. The van der Waals surface area contributed by atoms with Crippen molar-refractivity contribution in [2.75, 3.05) is 89.7 Å². The molecule has 0 amide bonds. The van der Waals surface area contributed by atoms with Gasteiger partial charge in [0.25, 0.3) is 0 Å². The fourth-order valence-corrected chi connectivity index (χ4v) is 20.6. The first-order valence-corrected chi connectivity index (χ1v) is 26.7. The van der Waals surface area contributed by atoms with E-state index in [0.29, 0.717) is 0 Å². The normalized spacial score (nSPS) is 39.3. The highest BCUT2D eigenvalue weighted by Crippen LogP contribution is 2.53. The molecule has 0 aromatic heterocycles. The number of hydrogen-bond donors (Lipinski definition) is 2. The maximum Gasteiger partial charge on any atom is 0.105 e. The van der Waals surface area contributed by atoms with Crippen LogP contribution >= 0.6 is 32.7 Å². The highest BCUT2D eigenvalue weighted by molar-refractivity contribution is 8.29. The van der Waals surface area contributed by atoms with Crippen molar-refractivity contribution >= 4 is 74.0 Å². The standard InChI is InChI=1S/C12H26N2O2P2S2.C8H20N2P2S2.C6H12O2.CH4/c1-5-11-12(6-2)16-18-8-7-17(15-11)13(3)9-20(19)10-14(18)4;1-9-7-14(13)8-10(2)12(4)6-5-11(9)3;7-5-3-1-2-4-6(5)8;/h11-12H,5-10H2,1-4H3;5-8H2,1-4H3;5-8H,1-4H2;1H4/t11-,12+,17?,18?,20?;;5-,6+;. The van der Waals surface area contributed by atoms with Crippen LogP contribution < -0.4 is 0 Å². The Morgan fingerprint density at radius 2 is 0.977 bits per heavy atom. The van der Waals surface area contributed by atoms with Gasteiger partial charge in [-0.2, -0.15) is 0 Å². The highest BCUT2D eigenvalue weighted by Gasteiger charge is 2.35. The molecule has 4 fully saturated rings. The zero-order chi connectivity index (χ0) is 31.4. The van der Waals surface area contributed by atoms with E-state index in [0.717, 1.165) is 74.4 Å². The van der Waals surface area contributed by atoms with Crippen LogP contribution in [-0.4, -0.2) is 143 Å². The fourth-order valence-electron chi connectivity index (χ4n) is 4.87. The number of aliphatic hydroxyl groups is 2. The van der Waals surface area contributed by atoms with E-state index in [9.17, 15) is 0 Å². The molecular weight excluding hydrogens is 696 g/mol. The van der Waals surface area contributed by atoms with Gasteiger partial charge in [0, 0.05) is 12.3 Å². The molecule has 9 atom stereocenters. The van der Waals surface area contributed by atoms with Crippen molar-refractivity contribution in [2.24, 2.45) is 0 Å². The van der Waals surface area contributed by atoms with Crippen molar-refractivity contribution in [3.8, 4) is 0 Å². The molecule has 1 aliphatic carbocycles. The summed E-state index contributed by atoms with van der Waals surface area (Å²) < 4.78 is 22.6. The highest BCUT2D eigenvalue weighted by atomic mass is 32.8. The largest absolute Gasteiger partial charge is 0.390 e. The summed E-state index contributed by atoms with van der Waals surface area (Å²) in [6.45, 7) is 9.18. The predicted octanol–water partition coefficient (Wildman–Crippen LogP) is 5.92. The van der Waals surface area contributed by atoms with Gasteiger partial charge in [0.05, 0.1) is 47.9 Å². The molecule has 5 unspecified atom stereocenters. The minimum Gasteiger partial charge on any atom is -0.390 e. The average molecular weight is 759 g/mol. The molecule has 0 aromatic carbocycles. The van der Waals surface area contributed by atoms with Crippen LogP contribution in [0.5, 0.6) is 0 Å². The predicted molar refractivity (Wildman–Crippen MR) is 207 cm³/mol. The average Bonchev–Trinajstić information content (AvgIpc) is 2.99. The molecule has 1 saturated carbocycles. The number of fused-ring (bicyclic) bond motifs is 3. The lowest BCUT2D eigenvalue weighted by Gasteiger charge is -2.38. The summed E-state index contributed by atoms with van der Waals surface area (Å²) in [6.07, 6.45) is 10.3. The second-order valence-corrected chi connectivity index (χ2v) is 26.1. The van der Waals surface area contributed by atoms with Crippen LogP contribution in [0.15, 0.2) is 0 Å². The minimum atomic E-state index is -0.509. The van der Waals surface area contributed by atoms with E-state index in [1.807, 2.05) is 0 Å². The third kappa shape index (κ3) is 15.7. The van der Waals surface area contributed by atoms with E-state index in [4.69, 9.17) is 41.6 Å². The van der Waals surface area contributed by atoms with Crippen LogP contribution in [0, 0.1) is 0 Å². The van der Waals surface area contributed by atoms with Crippen molar-refractivity contribution in [3.05, 3.63) is 0 Å². The van der Waals surface area contributed by atoms with Gasteiger partial charge < -0.3 is 19.3 Å². The van der Waals surface area contributed by atoms with Crippen molar-refractivity contribution < 1.29 is 19.3 Å². The van der Waals surface area contributed by atoms with Crippen LogP contribution in [0.2, 0.25) is 0 Å². The van der Waals surface area contributed by atoms with E-state index in [2.05, 4.69) is 74.0 Å². The van der Waals surface area contributed by atoms with Crippen LogP contribution in [-0.2, 0) is 50.3 Å². The molecule has 3 heterocycles. The summed E-state index contributed by atoms with van der Waals surface area (Å²) in [6, 6.07) is 0. The number of aliphatic hydroxyl groups excluding tert-OH is 2. The van der Waals surface area contributed by atoms with Gasteiger partial charge in [0.2, 0.25) is 0 Å². The topological polar surface area (TPSA) is 71.9 Å². The summed E-state index contributed by atoms with van der Waals surface area (Å²) in [5, 5.41) is 17.9. The second-order valence-electron chi connectivity index (χ2n) is 11.5. The Morgan fingerprint density at radius 1 is 0.651 bits per heavy atom. The summed E-state index contributed by atoms with van der Waals surface area (Å²) in [4.78, 5) is 0. The Labute approximate surface area is 284 Å². The van der Waals surface area contributed by atoms with E-state index >= 15 is 0 Å². The third-order valence-corrected chi connectivity index (χ3v) is 21.7. The maximum atomic E-state index is 8.93. The van der Waals surface area contributed by atoms with Crippen LogP contribution in [0.25, 0.3) is 0 Å². The molecule has 0 radical (unpaired) electrons. The maximum absolute atomic E-state index is 8.93. The Kier molecular flexibility index (Phi) is 23.3. The molecule has 16 heteroatoms. The minimum absolute atomic E-state index is 0. The number of hydrogen-bond acceptors (Lipinski definition) is 10. The number of rotatable bonds is 2. The first-order chi connectivity index (χ1) is 19.9. The van der Waals surface area contributed by atoms with E-state index in [1.165, 1.54) is 12.3 Å². The monoisotopic (exact) mass is 758 g/mol. The molecule has 2 bridgehead atoms. The van der Waals surface area contributed by atoms with Gasteiger partial charge in [0.1, 0.15) is 16.6 Å². The van der Waals surface area contributed by atoms with E-state index < -0.39 is 28.8 Å². The summed E-state index contributed by atoms with van der Waals surface area (Å²) in [7, 11) is 8.09. The molecule has 8 nitrogen and oxygen atoms in total. The van der Waals surface area contributed by atoms with Crippen LogP contribution in [0.1, 0.15) is 59.8 Å². The van der Waals surface area contributed by atoms with Gasteiger partial charge in [-0.3, -0.25) is 18.7 Å². The summed E-state index contributed by atoms with van der Waals surface area (Å²) in [5.74, 6) is 4.18. The first-order valence-electron chi connectivity index (χ1n) is 15.1. The van der Waals surface area contributed by atoms with Crippen molar-refractivity contribution in [3.63, 3.8) is 0 Å². The lowest BCUT2D eigenvalue weighted by molar-refractivity contribution is -0.00865.